The molecule has 0 unspecified atom stereocenters. The summed E-state index contributed by atoms with van der Waals surface area (Å²) in [6.45, 7) is 1.97. The van der Waals surface area contributed by atoms with Gasteiger partial charge in [-0.1, -0.05) is 60.7 Å². The van der Waals surface area contributed by atoms with Crippen LogP contribution < -0.4 is 5.73 Å². The summed E-state index contributed by atoms with van der Waals surface area (Å²) in [4.78, 5) is 8.55. The molecule has 2 N–H and O–H groups in total. The fourth-order valence-electron chi connectivity index (χ4n) is 3.13. The van der Waals surface area contributed by atoms with Gasteiger partial charge in [-0.3, -0.25) is 0 Å². The number of benzene rings is 2. The molecule has 2 heterocycles. The molecule has 0 saturated carbocycles. The van der Waals surface area contributed by atoms with Crippen LogP contribution in [0.2, 0.25) is 0 Å². The van der Waals surface area contributed by atoms with E-state index in [0.29, 0.717) is 32.4 Å². The van der Waals surface area contributed by atoms with E-state index in [1.807, 2.05) is 71.4 Å². The minimum absolute atomic E-state index is 0.370. The van der Waals surface area contributed by atoms with E-state index in [0.717, 1.165) is 27.7 Å². The SMILES string of the molecule is Nc1ncnc2c1c(-c1ccccc1)cn2COCCOCc1ccccc1. The van der Waals surface area contributed by atoms with Crippen molar-refractivity contribution in [3.63, 3.8) is 0 Å². The van der Waals surface area contributed by atoms with Gasteiger partial charge in [-0.05, 0) is 11.1 Å². The van der Waals surface area contributed by atoms with E-state index in [1.165, 1.54) is 6.33 Å². The first kappa shape index (κ1) is 18.2. The number of nitrogens with zero attached hydrogens (tertiary/aromatic N) is 3. The lowest BCUT2D eigenvalue weighted by Crippen LogP contribution is -2.08. The van der Waals surface area contributed by atoms with Crippen molar-refractivity contribution in [1.29, 1.82) is 0 Å². The number of fused-ring (bicyclic) bond motifs is 1. The summed E-state index contributed by atoms with van der Waals surface area (Å²) >= 11 is 0. The maximum absolute atomic E-state index is 6.13. The van der Waals surface area contributed by atoms with Crippen molar-refractivity contribution in [2.24, 2.45) is 0 Å². The number of nitrogen functional groups attached to an aromatic ring is 1. The Bertz CT molecular complexity index is 1030. The van der Waals surface area contributed by atoms with Gasteiger partial charge in [-0.15, -0.1) is 0 Å². The van der Waals surface area contributed by atoms with Gasteiger partial charge in [0.15, 0.2) is 0 Å². The molecule has 28 heavy (non-hydrogen) atoms. The fraction of sp³-hybridized carbons (Fsp3) is 0.182. The number of ether oxygens (including phenoxy) is 2. The average molecular weight is 374 g/mol. The second kappa shape index (κ2) is 8.65. The van der Waals surface area contributed by atoms with Crippen molar-refractivity contribution in [2.45, 2.75) is 13.3 Å². The lowest BCUT2D eigenvalue weighted by molar-refractivity contribution is 0.0149. The molecule has 6 heteroatoms. The van der Waals surface area contributed by atoms with Crippen molar-refractivity contribution < 1.29 is 9.47 Å². The molecule has 2 aromatic heterocycles. The lowest BCUT2D eigenvalue weighted by Gasteiger charge is -2.07. The Labute approximate surface area is 163 Å². The van der Waals surface area contributed by atoms with Crippen LogP contribution in [0.1, 0.15) is 5.56 Å². The zero-order valence-electron chi connectivity index (χ0n) is 15.5. The van der Waals surface area contributed by atoms with E-state index in [4.69, 9.17) is 15.2 Å². The third-order valence-corrected chi connectivity index (χ3v) is 4.48. The van der Waals surface area contributed by atoms with E-state index in [9.17, 15) is 0 Å². The molecular weight excluding hydrogens is 352 g/mol. The van der Waals surface area contributed by atoms with E-state index in [2.05, 4.69) is 9.97 Å². The average Bonchev–Trinajstić information content (AvgIpc) is 3.12. The molecule has 0 amide bonds. The van der Waals surface area contributed by atoms with Crippen molar-refractivity contribution in [3.05, 3.63) is 78.8 Å². The number of aromatic nitrogens is 3. The summed E-state index contributed by atoms with van der Waals surface area (Å²) in [5.74, 6) is 0.466. The second-order valence-electron chi connectivity index (χ2n) is 6.41. The van der Waals surface area contributed by atoms with Crippen molar-refractivity contribution in [1.82, 2.24) is 14.5 Å². The molecule has 0 fully saturated rings. The topological polar surface area (TPSA) is 75.2 Å². The van der Waals surface area contributed by atoms with Gasteiger partial charge in [-0.2, -0.15) is 0 Å². The molecular formula is C22H22N4O2. The molecule has 6 nitrogen and oxygen atoms in total. The predicted molar refractivity (Wildman–Crippen MR) is 109 cm³/mol. The van der Waals surface area contributed by atoms with Crippen LogP contribution >= 0.6 is 0 Å². The molecule has 0 bridgehead atoms. The molecule has 0 atom stereocenters. The summed E-state index contributed by atoms with van der Waals surface area (Å²) < 4.78 is 13.4. The summed E-state index contributed by atoms with van der Waals surface area (Å²) in [6.07, 6.45) is 3.49. The third kappa shape index (κ3) is 4.03. The zero-order chi connectivity index (χ0) is 19.2. The van der Waals surface area contributed by atoms with E-state index in [-0.39, 0.29) is 0 Å². The molecule has 0 saturated heterocycles. The monoisotopic (exact) mass is 374 g/mol. The molecule has 0 spiro atoms. The van der Waals surface area contributed by atoms with Gasteiger partial charge in [0.25, 0.3) is 0 Å². The summed E-state index contributed by atoms with van der Waals surface area (Å²) in [7, 11) is 0. The standard InChI is InChI=1S/C22H22N4O2/c23-21-20-19(18-9-5-2-6-10-18)13-26(22(20)25-15-24-21)16-28-12-11-27-14-17-7-3-1-4-8-17/h1-10,13,15H,11-12,14,16H2,(H2,23,24,25). The van der Waals surface area contributed by atoms with Crippen LogP contribution in [-0.2, 0) is 22.8 Å². The fourth-order valence-corrected chi connectivity index (χ4v) is 3.13. The number of hydrogen-bond acceptors (Lipinski definition) is 5. The van der Waals surface area contributed by atoms with Crippen LogP contribution in [0.3, 0.4) is 0 Å². The van der Waals surface area contributed by atoms with Gasteiger partial charge in [0, 0.05) is 11.8 Å². The Hall–Kier alpha value is -3.22. The largest absolute Gasteiger partial charge is 0.383 e. The number of anilines is 1. The molecule has 0 aliphatic heterocycles. The van der Waals surface area contributed by atoms with Crippen LogP contribution in [-0.4, -0.2) is 27.7 Å². The summed E-state index contributed by atoms with van der Waals surface area (Å²) in [5, 5.41) is 0.845. The van der Waals surface area contributed by atoms with Gasteiger partial charge in [0.2, 0.25) is 0 Å². The highest BCUT2D eigenvalue weighted by molar-refractivity contribution is 6.00. The summed E-state index contributed by atoms with van der Waals surface area (Å²) in [5.41, 5.74) is 10.1. The van der Waals surface area contributed by atoms with Gasteiger partial charge in [0.1, 0.15) is 24.5 Å². The highest BCUT2D eigenvalue weighted by Gasteiger charge is 2.14. The second-order valence-corrected chi connectivity index (χ2v) is 6.41. The maximum Gasteiger partial charge on any atom is 0.148 e. The maximum atomic E-state index is 6.13. The highest BCUT2D eigenvalue weighted by Crippen LogP contribution is 2.32. The molecule has 2 aromatic carbocycles. The molecule has 4 rings (SSSR count). The van der Waals surface area contributed by atoms with Crippen molar-refractivity contribution in [3.8, 4) is 11.1 Å². The quantitative estimate of drug-likeness (QED) is 0.474. The summed E-state index contributed by atoms with van der Waals surface area (Å²) in [6, 6.07) is 20.2. The molecule has 0 radical (unpaired) electrons. The Kier molecular flexibility index (Phi) is 5.61. The lowest BCUT2D eigenvalue weighted by atomic mass is 10.1. The number of rotatable bonds is 8. The van der Waals surface area contributed by atoms with Crippen LogP contribution in [0, 0.1) is 0 Å². The van der Waals surface area contributed by atoms with Crippen LogP contribution in [0.15, 0.2) is 73.2 Å². The van der Waals surface area contributed by atoms with Crippen LogP contribution in [0.5, 0.6) is 0 Å². The van der Waals surface area contributed by atoms with Gasteiger partial charge in [-0.25, -0.2) is 9.97 Å². The first-order valence-corrected chi connectivity index (χ1v) is 9.17. The predicted octanol–water partition coefficient (Wildman–Crippen LogP) is 3.87. The molecule has 0 aliphatic carbocycles. The van der Waals surface area contributed by atoms with Crippen LogP contribution in [0.4, 0.5) is 5.82 Å². The molecule has 142 valence electrons. The minimum atomic E-state index is 0.370. The molecule has 4 aromatic rings. The Morgan fingerprint density at radius 3 is 2.36 bits per heavy atom. The van der Waals surface area contributed by atoms with E-state index in [1.54, 1.807) is 0 Å². The normalized spacial score (nSPS) is 11.1. The highest BCUT2D eigenvalue weighted by atomic mass is 16.5. The van der Waals surface area contributed by atoms with Gasteiger partial charge < -0.3 is 19.8 Å². The van der Waals surface area contributed by atoms with Gasteiger partial charge >= 0.3 is 0 Å². The smallest absolute Gasteiger partial charge is 0.148 e. The Balaban J connectivity index is 1.41. The Morgan fingerprint density at radius 1 is 0.857 bits per heavy atom. The van der Waals surface area contributed by atoms with Crippen molar-refractivity contribution >= 4 is 16.9 Å². The number of hydrogen-bond donors (Lipinski definition) is 1. The Morgan fingerprint density at radius 2 is 1.57 bits per heavy atom. The van der Waals surface area contributed by atoms with E-state index < -0.39 is 0 Å². The molecule has 0 aliphatic rings. The first-order chi connectivity index (χ1) is 13.8. The zero-order valence-corrected chi connectivity index (χ0v) is 15.5. The van der Waals surface area contributed by atoms with Gasteiger partial charge in [0.05, 0.1) is 25.2 Å². The van der Waals surface area contributed by atoms with Crippen LogP contribution in [0.25, 0.3) is 22.2 Å². The minimum Gasteiger partial charge on any atom is -0.383 e. The van der Waals surface area contributed by atoms with E-state index >= 15 is 0 Å². The third-order valence-electron chi connectivity index (χ3n) is 4.48. The first-order valence-electron chi connectivity index (χ1n) is 9.17. The number of nitrogens with two attached hydrogens (primary N) is 1. The van der Waals surface area contributed by atoms with Crippen molar-refractivity contribution in [2.75, 3.05) is 18.9 Å².